The molecule has 1 aromatic heterocycles. The lowest BCUT2D eigenvalue weighted by molar-refractivity contribution is 0.603. The van der Waals surface area contributed by atoms with Crippen LogP contribution in [0.5, 0.6) is 0 Å². The van der Waals surface area contributed by atoms with Crippen LogP contribution in [0, 0.1) is 5.82 Å². The minimum atomic E-state index is -0.292. The molecule has 1 aliphatic carbocycles. The molecule has 0 spiro atoms. The van der Waals surface area contributed by atoms with E-state index in [1.54, 1.807) is 23.1 Å². The summed E-state index contributed by atoms with van der Waals surface area (Å²) in [6, 6.07) is 7.08. The fourth-order valence-electron chi connectivity index (χ4n) is 2.89. The predicted octanol–water partition coefficient (Wildman–Crippen LogP) is 2.23. The second kappa shape index (κ2) is 4.58. The highest BCUT2D eigenvalue weighted by Gasteiger charge is 2.35. The number of nitrogens with zero attached hydrogens (tertiary/aromatic N) is 4. The summed E-state index contributed by atoms with van der Waals surface area (Å²) in [6.45, 7) is 0.526. The molecule has 1 saturated carbocycles. The van der Waals surface area contributed by atoms with Crippen LogP contribution in [-0.2, 0) is 0 Å². The van der Waals surface area contributed by atoms with E-state index in [-0.39, 0.29) is 11.9 Å². The van der Waals surface area contributed by atoms with Crippen LogP contribution in [0.4, 0.5) is 10.1 Å². The summed E-state index contributed by atoms with van der Waals surface area (Å²) < 4.78 is 16.3. The van der Waals surface area contributed by atoms with Gasteiger partial charge in [0.25, 0.3) is 0 Å². The van der Waals surface area contributed by atoms with Crippen LogP contribution in [0.1, 0.15) is 30.6 Å². The number of hydrogen-bond donors (Lipinski definition) is 1. The Hall–Kier alpha value is -2.37. The van der Waals surface area contributed by atoms with Crippen molar-refractivity contribution < 1.29 is 4.39 Å². The van der Waals surface area contributed by atoms with E-state index < -0.39 is 0 Å². The first-order valence-electron chi connectivity index (χ1n) is 7.11. The topological polar surface area (TPSA) is 59.4 Å². The van der Waals surface area contributed by atoms with Crippen LogP contribution in [0.3, 0.4) is 0 Å². The Morgan fingerprint density at radius 3 is 2.81 bits per heavy atom. The van der Waals surface area contributed by atoms with E-state index >= 15 is 0 Å². The molecule has 6 heteroatoms. The first-order chi connectivity index (χ1) is 10.3. The van der Waals surface area contributed by atoms with Gasteiger partial charge in [-0.2, -0.15) is 0 Å². The van der Waals surface area contributed by atoms with Crippen LogP contribution < -0.4 is 10.6 Å². The Bertz CT molecular complexity index is 704. The Morgan fingerprint density at radius 2 is 2.05 bits per heavy atom. The standard InChI is InChI=1S/C15H16FN5/c16-11-3-1-2-4-12(11)21-14(8-19-15(21)17)13-7-18-9-20(13)10-5-6-10/h1-4,7,9-10,14H,5-6,8H2,(H2,17,19). The molecule has 1 atom stereocenters. The molecule has 2 aliphatic rings. The molecule has 1 unspecified atom stereocenters. The van der Waals surface area contributed by atoms with Crippen molar-refractivity contribution in [2.45, 2.75) is 24.9 Å². The summed E-state index contributed by atoms with van der Waals surface area (Å²) in [5, 5.41) is 0. The molecule has 4 rings (SSSR count). The normalized spacial score (nSPS) is 21.7. The van der Waals surface area contributed by atoms with E-state index in [9.17, 15) is 4.39 Å². The molecular weight excluding hydrogens is 269 g/mol. The number of hydrogen-bond acceptors (Lipinski definition) is 4. The molecule has 21 heavy (non-hydrogen) atoms. The van der Waals surface area contributed by atoms with Crippen molar-refractivity contribution >= 4 is 11.6 Å². The van der Waals surface area contributed by atoms with Crippen molar-refractivity contribution in [3.05, 3.63) is 48.3 Å². The fraction of sp³-hybridized carbons (Fsp3) is 0.333. The second-order valence-electron chi connectivity index (χ2n) is 5.49. The molecular formula is C15H16FN5. The van der Waals surface area contributed by atoms with Crippen molar-refractivity contribution in [2.75, 3.05) is 11.4 Å². The van der Waals surface area contributed by atoms with Crippen molar-refractivity contribution in [1.82, 2.24) is 9.55 Å². The van der Waals surface area contributed by atoms with Gasteiger partial charge in [0.15, 0.2) is 5.96 Å². The van der Waals surface area contributed by atoms with Gasteiger partial charge in [0, 0.05) is 6.04 Å². The van der Waals surface area contributed by atoms with E-state index in [1.807, 2.05) is 12.5 Å². The van der Waals surface area contributed by atoms with Gasteiger partial charge in [-0.15, -0.1) is 0 Å². The van der Waals surface area contributed by atoms with Crippen LogP contribution in [0.15, 0.2) is 41.8 Å². The van der Waals surface area contributed by atoms with Crippen molar-refractivity contribution in [3.8, 4) is 0 Å². The van der Waals surface area contributed by atoms with Gasteiger partial charge in [-0.1, -0.05) is 12.1 Å². The maximum Gasteiger partial charge on any atom is 0.196 e. The Morgan fingerprint density at radius 1 is 1.24 bits per heavy atom. The molecule has 2 N–H and O–H groups in total. The van der Waals surface area contributed by atoms with Gasteiger partial charge in [0.2, 0.25) is 0 Å². The third kappa shape index (κ3) is 1.98. The van der Waals surface area contributed by atoms with Gasteiger partial charge < -0.3 is 10.3 Å². The maximum atomic E-state index is 14.1. The number of aromatic nitrogens is 2. The van der Waals surface area contributed by atoms with E-state index in [0.29, 0.717) is 24.2 Å². The quantitative estimate of drug-likeness (QED) is 0.940. The Kier molecular flexibility index (Phi) is 2.70. The summed E-state index contributed by atoms with van der Waals surface area (Å²) in [5.74, 6) is 0.0636. The molecule has 2 heterocycles. The minimum absolute atomic E-state index is 0.0926. The van der Waals surface area contributed by atoms with Gasteiger partial charge >= 0.3 is 0 Å². The third-order valence-electron chi connectivity index (χ3n) is 4.07. The van der Waals surface area contributed by atoms with Crippen LogP contribution >= 0.6 is 0 Å². The average molecular weight is 285 g/mol. The number of benzene rings is 1. The lowest BCUT2D eigenvalue weighted by Crippen LogP contribution is -2.37. The molecule has 0 radical (unpaired) electrons. The summed E-state index contributed by atoms with van der Waals surface area (Å²) >= 11 is 0. The lowest BCUT2D eigenvalue weighted by Gasteiger charge is -2.27. The third-order valence-corrected chi connectivity index (χ3v) is 4.07. The number of guanidine groups is 1. The van der Waals surface area contributed by atoms with E-state index in [2.05, 4.69) is 14.5 Å². The van der Waals surface area contributed by atoms with Crippen molar-refractivity contribution in [3.63, 3.8) is 0 Å². The number of aliphatic imine (C=N–C) groups is 1. The zero-order valence-electron chi connectivity index (χ0n) is 11.5. The minimum Gasteiger partial charge on any atom is -0.369 e. The number of halogens is 1. The molecule has 1 aliphatic heterocycles. The smallest absolute Gasteiger partial charge is 0.196 e. The summed E-state index contributed by atoms with van der Waals surface area (Å²) in [7, 11) is 0. The number of nitrogens with two attached hydrogens (primary N) is 1. The van der Waals surface area contributed by atoms with Gasteiger partial charge in [-0.25, -0.2) is 9.37 Å². The zero-order chi connectivity index (χ0) is 14.4. The van der Waals surface area contributed by atoms with Gasteiger partial charge in [0.1, 0.15) is 5.82 Å². The van der Waals surface area contributed by atoms with Crippen molar-refractivity contribution in [2.24, 2.45) is 10.7 Å². The molecule has 108 valence electrons. The molecule has 0 bridgehead atoms. The molecule has 0 saturated heterocycles. The summed E-state index contributed by atoms with van der Waals surface area (Å²) in [5.41, 5.74) is 7.51. The number of para-hydroxylation sites is 1. The molecule has 5 nitrogen and oxygen atoms in total. The first-order valence-corrected chi connectivity index (χ1v) is 7.11. The highest BCUT2D eigenvalue weighted by atomic mass is 19.1. The monoisotopic (exact) mass is 285 g/mol. The largest absolute Gasteiger partial charge is 0.369 e. The second-order valence-corrected chi connectivity index (χ2v) is 5.49. The Labute approximate surface area is 121 Å². The lowest BCUT2D eigenvalue weighted by atomic mass is 10.1. The maximum absolute atomic E-state index is 14.1. The molecule has 2 aromatic rings. The van der Waals surface area contributed by atoms with E-state index in [0.717, 1.165) is 5.69 Å². The number of anilines is 1. The SMILES string of the molecule is NC1=NCC(c2cncn2C2CC2)N1c1ccccc1F. The van der Waals surface area contributed by atoms with E-state index in [4.69, 9.17) is 5.73 Å². The van der Waals surface area contributed by atoms with E-state index in [1.165, 1.54) is 18.9 Å². The molecule has 1 fully saturated rings. The number of imidazole rings is 1. The molecule has 0 amide bonds. The van der Waals surface area contributed by atoms with Gasteiger partial charge in [-0.3, -0.25) is 9.89 Å². The van der Waals surface area contributed by atoms with Crippen LogP contribution in [0.25, 0.3) is 0 Å². The van der Waals surface area contributed by atoms with Gasteiger partial charge in [0.05, 0.1) is 36.5 Å². The van der Waals surface area contributed by atoms with Gasteiger partial charge in [-0.05, 0) is 25.0 Å². The van der Waals surface area contributed by atoms with Crippen molar-refractivity contribution in [1.29, 1.82) is 0 Å². The van der Waals surface area contributed by atoms with Crippen LogP contribution in [0.2, 0.25) is 0 Å². The summed E-state index contributed by atoms with van der Waals surface area (Å²) in [4.78, 5) is 10.3. The molecule has 1 aromatic carbocycles. The first kappa shape index (κ1) is 12.4. The average Bonchev–Trinajstić information content (AvgIpc) is 3.09. The predicted molar refractivity (Wildman–Crippen MR) is 78.6 cm³/mol. The summed E-state index contributed by atoms with van der Waals surface area (Å²) in [6.07, 6.45) is 6.03. The Balaban J connectivity index is 1.75. The fourth-order valence-corrected chi connectivity index (χ4v) is 2.89. The zero-order valence-corrected chi connectivity index (χ0v) is 11.5. The highest BCUT2D eigenvalue weighted by molar-refractivity contribution is 5.97. The number of rotatable bonds is 3. The van der Waals surface area contributed by atoms with Crippen LogP contribution in [-0.4, -0.2) is 22.1 Å². The highest BCUT2D eigenvalue weighted by Crippen LogP contribution is 2.39.